The average Bonchev–Trinajstić information content (AvgIpc) is 1.87. The lowest BCUT2D eigenvalue weighted by molar-refractivity contribution is 0.251. The maximum Gasteiger partial charge on any atom is 0.106 e. The third-order valence-corrected chi connectivity index (χ3v) is 1.86. The maximum absolute atomic E-state index is 5.12. The zero-order valence-electron chi connectivity index (χ0n) is 6.48. The van der Waals surface area contributed by atoms with Crippen molar-refractivity contribution in [3.8, 4) is 0 Å². The van der Waals surface area contributed by atoms with E-state index in [1.54, 1.807) is 0 Å². The molecule has 0 heterocycles. The molecule has 0 saturated heterocycles. The molecule has 0 unspecified atom stereocenters. The SMILES string of the molecule is C=C(C)OC/C=C(\C)CBr. The number of alkyl halides is 1. The van der Waals surface area contributed by atoms with Gasteiger partial charge in [-0.1, -0.05) is 28.1 Å². The van der Waals surface area contributed by atoms with Gasteiger partial charge < -0.3 is 4.74 Å². The molecule has 0 aromatic heterocycles. The Kier molecular flexibility index (Phi) is 5.40. The minimum Gasteiger partial charge on any atom is -0.495 e. The highest BCUT2D eigenvalue weighted by Crippen LogP contribution is 1.98. The largest absolute Gasteiger partial charge is 0.495 e. The first-order valence-corrected chi connectivity index (χ1v) is 4.29. The molecule has 0 fully saturated rings. The predicted octanol–water partition coefficient (Wildman–Crippen LogP) is 2.88. The number of hydrogen-bond donors (Lipinski definition) is 0. The van der Waals surface area contributed by atoms with Crippen LogP contribution in [0.2, 0.25) is 0 Å². The van der Waals surface area contributed by atoms with E-state index < -0.39 is 0 Å². The first-order chi connectivity index (χ1) is 4.66. The van der Waals surface area contributed by atoms with E-state index in [0.717, 1.165) is 11.1 Å². The van der Waals surface area contributed by atoms with Crippen LogP contribution in [0, 0.1) is 0 Å². The van der Waals surface area contributed by atoms with Crippen molar-refractivity contribution in [2.24, 2.45) is 0 Å². The van der Waals surface area contributed by atoms with E-state index in [9.17, 15) is 0 Å². The molecule has 0 aromatic carbocycles. The van der Waals surface area contributed by atoms with Crippen LogP contribution in [0.3, 0.4) is 0 Å². The van der Waals surface area contributed by atoms with Crippen LogP contribution in [0.25, 0.3) is 0 Å². The monoisotopic (exact) mass is 204 g/mol. The number of halogens is 1. The molecule has 1 nitrogen and oxygen atoms in total. The molecule has 0 rings (SSSR count). The summed E-state index contributed by atoms with van der Waals surface area (Å²) in [6, 6.07) is 0. The van der Waals surface area contributed by atoms with Gasteiger partial charge in [0.1, 0.15) is 6.61 Å². The Bertz CT molecular complexity index is 138. The molecule has 0 saturated carbocycles. The van der Waals surface area contributed by atoms with Gasteiger partial charge >= 0.3 is 0 Å². The number of allylic oxidation sites excluding steroid dienone is 2. The second-order valence-electron chi connectivity index (χ2n) is 2.20. The number of rotatable bonds is 4. The third kappa shape index (κ3) is 5.89. The summed E-state index contributed by atoms with van der Waals surface area (Å²) in [6.07, 6.45) is 2.03. The minimum absolute atomic E-state index is 0.632. The van der Waals surface area contributed by atoms with Gasteiger partial charge in [0.15, 0.2) is 0 Å². The minimum atomic E-state index is 0.632. The van der Waals surface area contributed by atoms with Gasteiger partial charge in [0.25, 0.3) is 0 Å². The second-order valence-corrected chi connectivity index (χ2v) is 2.76. The van der Waals surface area contributed by atoms with E-state index in [1.807, 2.05) is 13.0 Å². The Morgan fingerprint density at radius 2 is 2.20 bits per heavy atom. The van der Waals surface area contributed by atoms with Crippen molar-refractivity contribution in [2.75, 3.05) is 11.9 Å². The lowest BCUT2D eigenvalue weighted by Gasteiger charge is -2.00. The zero-order valence-corrected chi connectivity index (χ0v) is 8.07. The smallest absolute Gasteiger partial charge is 0.106 e. The van der Waals surface area contributed by atoms with Gasteiger partial charge in [0.2, 0.25) is 0 Å². The third-order valence-electron chi connectivity index (χ3n) is 0.972. The van der Waals surface area contributed by atoms with Crippen molar-refractivity contribution in [3.63, 3.8) is 0 Å². The Hall–Kier alpha value is -0.240. The van der Waals surface area contributed by atoms with Crippen LogP contribution in [0.1, 0.15) is 13.8 Å². The van der Waals surface area contributed by atoms with E-state index >= 15 is 0 Å². The molecule has 0 bridgehead atoms. The molecule has 2 heteroatoms. The summed E-state index contributed by atoms with van der Waals surface area (Å²) in [4.78, 5) is 0. The Morgan fingerprint density at radius 3 is 2.60 bits per heavy atom. The van der Waals surface area contributed by atoms with Crippen molar-refractivity contribution in [1.82, 2.24) is 0 Å². The van der Waals surface area contributed by atoms with Crippen LogP contribution in [-0.4, -0.2) is 11.9 Å². The highest BCUT2D eigenvalue weighted by atomic mass is 79.9. The standard InChI is InChI=1S/C8H13BrO/c1-7(2)10-5-4-8(3)6-9/h4H,1,5-6H2,2-3H3/b8-4+. The van der Waals surface area contributed by atoms with Crippen molar-refractivity contribution in [1.29, 1.82) is 0 Å². The van der Waals surface area contributed by atoms with Crippen LogP contribution in [0.5, 0.6) is 0 Å². The topological polar surface area (TPSA) is 9.23 Å². The van der Waals surface area contributed by atoms with Crippen molar-refractivity contribution < 1.29 is 4.74 Å². The summed E-state index contributed by atoms with van der Waals surface area (Å²) < 4.78 is 5.12. The molecule has 0 aliphatic rings. The zero-order chi connectivity index (χ0) is 7.98. The molecule has 0 aliphatic carbocycles. The highest BCUT2D eigenvalue weighted by molar-refractivity contribution is 9.09. The van der Waals surface area contributed by atoms with Crippen LogP contribution >= 0.6 is 15.9 Å². The quantitative estimate of drug-likeness (QED) is 0.389. The fraction of sp³-hybridized carbons (Fsp3) is 0.500. The first kappa shape index (κ1) is 9.76. The van der Waals surface area contributed by atoms with Crippen LogP contribution in [-0.2, 0) is 4.74 Å². The first-order valence-electron chi connectivity index (χ1n) is 3.16. The fourth-order valence-electron chi connectivity index (χ4n) is 0.381. The normalized spacial score (nSPS) is 11.3. The molecule has 10 heavy (non-hydrogen) atoms. The van der Waals surface area contributed by atoms with Crippen LogP contribution < -0.4 is 0 Å². The molecular formula is C8H13BrO. The Balaban J connectivity index is 3.43. The van der Waals surface area contributed by atoms with Gasteiger partial charge in [-0.25, -0.2) is 0 Å². The maximum atomic E-state index is 5.12. The van der Waals surface area contributed by atoms with Crippen LogP contribution in [0.4, 0.5) is 0 Å². The molecule has 0 radical (unpaired) electrons. The lowest BCUT2D eigenvalue weighted by Crippen LogP contribution is -1.88. The highest BCUT2D eigenvalue weighted by Gasteiger charge is 1.84. The van der Waals surface area contributed by atoms with Crippen molar-refractivity contribution in [2.45, 2.75) is 13.8 Å². The summed E-state index contributed by atoms with van der Waals surface area (Å²) in [5.74, 6) is 0.763. The summed E-state index contributed by atoms with van der Waals surface area (Å²) in [5.41, 5.74) is 1.28. The van der Waals surface area contributed by atoms with Gasteiger partial charge in [-0.05, 0) is 19.9 Å². The summed E-state index contributed by atoms with van der Waals surface area (Å²) >= 11 is 3.34. The molecule has 0 spiro atoms. The van der Waals surface area contributed by atoms with Gasteiger partial charge in [0.05, 0.1) is 5.76 Å². The van der Waals surface area contributed by atoms with Gasteiger partial charge in [0, 0.05) is 5.33 Å². The van der Waals surface area contributed by atoms with Crippen LogP contribution in [0.15, 0.2) is 24.0 Å². The van der Waals surface area contributed by atoms with E-state index in [4.69, 9.17) is 4.74 Å². The summed E-state index contributed by atoms with van der Waals surface area (Å²) in [5, 5.41) is 0.909. The van der Waals surface area contributed by atoms with Gasteiger partial charge in [-0.2, -0.15) is 0 Å². The average molecular weight is 205 g/mol. The lowest BCUT2D eigenvalue weighted by atomic mass is 10.3. The van der Waals surface area contributed by atoms with Gasteiger partial charge in [-0.3, -0.25) is 0 Å². The molecule has 0 aromatic rings. The molecule has 58 valence electrons. The van der Waals surface area contributed by atoms with Gasteiger partial charge in [-0.15, -0.1) is 0 Å². The van der Waals surface area contributed by atoms with Crippen molar-refractivity contribution in [3.05, 3.63) is 24.0 Å². The predicted molar refractivity (Wildman–Crippen MR) is 48.3 cm³/mol. The summed E-state index contributed by atoms with van der Waals surface area (Å²) in [6.45, 7) is 8.14. The van der Waals surface area contributed by atoms with E-state index in [-0.39, 0.29) is 0 Å². The van der Waals surface area contributed by atoms with E-state index in [1.165, 1.54) is 5.57 Å². The van der Waals surface area contributed by atoms with E-state index in [0.29, 0.717) is 6.61 Å². The Labute approximate surface area is 70.9 Å². The molecule has 0 atom stereocenters. The number of hydrogen-bond acceptors (Lipinski definition) is 1. The van der Waals surface area contributed by atoms with Crippen molar-refractivity contribution >= 4 is 15.9 Å². The fourth-order valence-corrected chi connectivity index (χ4v) is 0.610. The molecule has 0 N–H and O–H groups in total. The second kappa shape index (κ2) is 5.54. The van der Waals surface area contributed by atoms with E-state index in [2.05, 4.69) is 29.4 Å². The number of ether oxygens (including phenoxy) is 1. The molecular weight excluding hydrogens is 192 g/mol. The summed E-state index contributed by atoms with van der Waals surface area (Å²) in [7, 11) is 0. The molecule has 0 amide bonds. The molecule has 0 aliphatic heterocycles. The Morgan fingerprint density at radius 1 is 1.60 bits per heavy atom.